The monoisotopic (exact) mass is 301 g/mol. The fourth-order valence-electron chi connectivity index (χ4n) is 1.79. The number of pyridine rings is 1. The molecular weight excluding hydrogens is 286 g/mol. The van der Waals surface area contributed by atoms with Crippen LogP contribution in [0.4, 0.5) is 5.82 Å². The van der Waals surface area contributed by atoms with Gasteiger partial charge in [-0.3, -0.25) is 0 Å². The van der Waals surface area contributed by atoms with Crippen molar-refractivity contribution in [2.24, 2.45) is 0 Å². The average molecular weight is 302 g/mol. The van der Waals surface area contributed by atoms with E-state index in [9.17, 15) is 0 Å². The number of nitrogens with one attached hydrogen (secondary N) is 1. The van der Waals surface area contributed by atoms with E-state index in [0.29, 0.717) is 37.6 Å². The van der Waals surface area contributed by atoms with Gasteiger partial charge in [-0.1, -0.05) is 29.8 Å². The molecule has 2 aromatic rings. The van der Waals surface area contributed by atoms with E-state index < -0.39 is 0 Å². The van der Waals surface area contributed by atoms with Gasteiger partial charge in [0.1, 0.15) is 0 Å². The lowest BCUT2D eigenvalue weighted by molar-refractivity contribution is 0.313. The maximum absolute atomic E-state index is 8.51. The van der Waals surface area contributed by atoms with Crippen LogP contribution in [0.3, 0.4) is 0 Å². The lowest BCUT2D eigenvalue weighted by Gasteiger charge is -2.12. The lowest BCUT2D eigenvalue weighted by atomic mass is 10.2. The highest BCUT2D eigenvalue weighted by molar-refractivity contribution is 6.31. The fourth-order valence-corrected chi connectivity index (χ4v) is 2.00. The smallest absolute Gasteiger partial charge is 0.169 e. The quantitative estimate of drug-likeness (QED) is 0.784. The SMILES string of the molecule is N#CCCCOc1cccnc1NCc1ccccc1Cl. The molecule has 0 unspecified atom stereocenters. The standard InChI is InChI=1S/C16H16ClN3O/c17-14-7-2-1-6-13(14)12-20-16-15(8-5-10-19-16)21-11-4-3-9-18/h1-2,5-8,10H,3-4,11-12H2,(H,19,20). The van der Waals surface area contributed by atoms with Crippen LogP contribution in [-0.4, -0.2) is 11.6 Å². The van der Waals surface area contributed by atoms with E-state index in [1.165, 1.54) is 0 Å². The number of benzene rings is 1. The molecule has 5 heteroatoms. The van der Waals surface area contributed by atoms with Gasteiger partial charge in [0, 0.05) is 24.2 Å². The second-order valence-electron chi connectivity index (χ2n) is 4.41. The second kappa shape index (κ2) is 8.13. The molecule has 21 heavy (non-hydrogen) atoms. The number of hydrogen-bond acceptors (Lipinski definition) is 4. The minimum atomic E-state index is 0.489. The zero-order valence-corrected chi connectivity index (χ0v) is 12.3. The highest BCUT2D eigenvalue weighted by atomic mass is 35.5. The first-order valence-electron chi connectivity index (χ1n) is 6.73. The highest BCUT2D eigenvalue weighted by Gasteiger charge is 2.05. The van der Waals surface area contributed by atoms with Crippen molar-refractivity contribution in [3.05, 3.63) is 53.2 Å². The number of rotatable bonds is 7. The average Bonchev–Trinajstić information content (AvgIpc) is 2.52. The van der Waals surface area contributed by atoms with E-state index in [-0.39, 0.29) is 0 Å². The molecule has 0 aliphatic heterocycles. The summed E-state index contributed by atoms with van der Waals surface area (Å²) >= 11 is 6.13. The Morgan fingerprint density at radius 3 is 2.90 bits per heavy atom. The molecule has 0 bridgehead atoms. The van der Waals surface area contributed by atoms with E-state index in [1.54, 1.807) is 6.20 Å². The summed E-state index contributed by atoms with van der Waals surface area (Å²) in [5.74, 6) is 1.36. The van der Waals surface area contributed by atoms with Crippen molar-refractivity contribution in [1.82, 2.24) is 4.98 Å². The van der Waals surface area contributed by atoms with Gasteiger partial charge in [-0.25, -0.2) is 4.98 Å². The molecule has 0 amide bonds. The molecular formula is C16H16ClN3O. The van der Waals surface area contributed by atoms with E-state index >= 15 is 0 Å². The number of ether oxygens (including phenoxy) is 1. The number of nitrogens with zero attached hydrogens (tertiary/aromatic N) is 2. The lowest BCUT2D eigenvalue weighted by Crippen LogP contribution is -2.05. The molecule has 0 aliphatic carbocycles. The molecule has 0 atom stereocenters. The molecule has 0 saturated carbocycles. The van der Waals surface area contributed by atoms with E-state index in [1.807, 2.05) is 36.4 Å². The first-order valence-corrected chi connectivity index (χ1v) is 7.11. The summed E-state index contributed by atoms with van der Waals surface area (Å²) in [6.45, 7) is 1.07. The van der Waals surface area contributed by atoms with Gasteiger partial charge in [0.15, 0.2) is 11.6 Å². The Morgan fingerprint density at radius 1 is 1.24 bits per heavy atom. The third-order valence-corrected chi connectivity index (χ3v) is 3.23. The summed E-state index contributed by atoms with van der Waals surface area (Å²) in [4.78, 5) is 4.28. The largest absolute Gasteiger partial charge is 0.490 e. The van der Waals surface area contributed by atoms with E-state index in [0.717, 1.165) is 10.6 Å². The van der Waals surface area contributed by atoms with Crippen LogP contribution < -0.4 is 10.1 Å². The third-order valence-electron chi connectivity index (χ3n) is 2.87. The van der Waals surface area contributed by atoms with Crippen molar-refractivity contribution in [2.75, 3.05) is 11.9 Å². The topological polar surface area (TPSA) is 57.9 Å². The highest BCUT2D eigenvalue weighted by Crippen LogP contribution is 2.23. The van der Waals surface area contributed by atoms with Crippen LogP contribution in [-0.2, 0) is 6.54 Å². The van der Waals surface area contributed by atoms with Gasteiger partial charge < -0.3 is 10.1 Å². The summed E-state index contributed by atoms with van der Waals surface area (Å²) in [5, 5.41) is 12.5. The van der Waals surface area contributed by atoms with Crippen molar-refractivity contribution >= 4 is 17.4 Å². The number of unbranched alkanes of at least 4 members (excludes halogenated alkanes) is 1. The first-order chi connectivity index (χ1) is 10.3. The maximum Gasteiger partial charge on any atom is 0.169 e. The maximum atomic E-state index is 8.51. The summed E-state index contributed by atoms with van der Waals surface area (Å²) < 4.78 is 5.65. The van der Waals surface area contributed by atoms with Crippen LogP contribution in [0.25, 0.3) is 0 Å². The minimum Gasteiger partial charge on any atom is -0.490 e. The number of aromatic nitrogens is 1. The summed E-state index contributed by atoms with van der Waals surface area (Å²) in [6, 6.07) is 13.4. The molecule has 0 radical (unpaired) electrons. The Kier molecular flexibility index (Phi) is 5.86. The predicted octanol–water partition coefficient (Wildman–Crippen LogP) is 4.03. The van der Waals surface area contributed by atoms with Crippen LogP contribution in [0.5, 0.6) is 5.75 Å². The third kappa shape index (κ3) is 4.66. The molecule has 0 spiro atoms. The van der Waals surface area contributed by atoms with E-state index in [4.69, 9.17) is 21.6 Å². The summed E-state index contributed by atoms with van der Waals surface area (Å²) in [6.07, 6.45) is 2.90. The van der Waals surface area contributed by atoms with Gasteiger partial charge in [0.05, 0.1) is 12.7 Å². The van der Waals surface area contributed by atoms with Crippen molar-refractivity contribution in [2.45, 2.75) is 19.4 Å². The van der Waals surface area contributed by atoms with Crippen LogP contribution in [0, 0.1) is 11.3 Å². The molecule has 0 fully saturated rings. The van der Waals surface area contributed by atoms with Gasteiger partial charge in [0.25, 0.3) is 0 Å². The van der Waals surface area contributed by atoms with Crippen molar-refractivity contribution in [3.63, 3.8) is 0 Å². The van der Waals surface area contributed by atoms with Gasteiger partial charge >= 0.3 is 0 Å². The number of anilines is 1. The molecule has 1 aromatic carbocycles. The zero-order chi connectivity index (χ0) is 14.9. The Labute approximate surface area is 129 Å². The molecule has 1 N–H and O–H groups in total. The Hall–Kier alpha value is -2.25. The van der Waals surface area contributed by atoms with E-state index in [2.05, 4.69) is 16.4 Å². The normalized spacial score (nSPS) is 9.90. The number of nitriles is 1. The predicted molar refractivity (Wildman–Crippen MR) is 83.4 cm³/mol. The molecule has 1 aromatic heterocycles. The second-order valence-corrected chi connectivity index (χ2v) is 4.81. The van der Waals surface area contributed by atoms with Gasteiger partial charge in [0.2, 0.25) is 0 Å². The van der Waals surface area contributed by atoms with Crippen LogP contribution in [0.1, 0.15) is 18.4 Å². The van der Waals surface area contributed by atoms with Gasteiger partial charge in [-0.05, 0) is 30.2 Å². The van der Waals surface area contributed by atoms with Crippen LogP contribution >= 0.6 is 11.6 Å². The summed E-state index contributed by atoms with van der Waals surface area (Å²) in [7, 11) is 0. The van der Waals surface area contributed by atoms with Gasteiger partial charge in [-0.15, -0.1) is 0 Å². The van der Waals surface area contributed by atoms with Crippen molar-refractivity contribution < 1.29 is 4.74 Å². The molecule has 2 rings (SSSR count). The van der Waals surface area contributed by atoms with Crippen molar-refractivity contribution in [3.8, 4) is 11.8 Å². The number of halogens is 1. The van der Waals surface area contributed by atoms with Gasteiger partial charge in [-0.2, -0.15) is 5.26 Å². The van der Waals surface area contributed by atoms with Crippen LogP contribution in [0.2, 0.25) is 5.02 Å². The zero-order valence-electron chi connectivity index (χ0n) is 11.6. The van der Waals surface area contributed by atoms with Crippen LogP contribution in [0.15, 0.2) is 42.6 Å². The Morgan fingerprint density at radius 2 is 2.10 bits per heavy atom. The molecule has 108 valence electrons. The Balaban J connectivity index is 1.97. The number of hydrogen-bond donors (Lipinski definition) is 1. The minimum absolute atomic E-state index is 0.489. The molecule has 0 saturated heterocycles. The fraction of sp³-hybridized carbons (Fsp3) is 0.250. The molecule has 1 heterocycles. The Bertz CT molecular complexity index is 625. The first kappa shape index (κ1) is 15.1. The molecule has 4 nitrogen and oxygen atoms in total. The summed E-state index contributed by atoms with van der Waals surface area (Å²) in [5.41, 5.74) is 1.00. The van der Waals surface area contributed by atoms with Crippen molar-refractivity contribution in [1.29, 1.82) is 5.26 Å². The molecule has 0 aliphatic rings.